The number of aliphatic hydroxyl groups is 1. The fourth-order valence-electron chi connectivity index (χ4n) is 2.17. The molecule has 0 spiro atoms. The lowest BCUT2D eigenvalue weighted by Gasteiger charge is -2.29. The molecule has 0 aromatic heterocycles. The van der Waals surface area contributed by atoms with Crippen molar-refractivity contribution in [3.63, 3.8) is 0 Å². The van der Waals surface area contributed by atoms with E-state index in [9.17, 15) is 5.11 Å². The van der Waals surface area contributed by atoms with Crippen molar-refractivity contribution < 1.29 is 5.11 Å². The molecule has 1 atom stereocenters. The Morgan fingerprint density at radius 1 is 1.21 bits per heavy atom. The third-order valence-corrected chi connectivity index (χ3v) is 3.06. The van der Waals surface area contributed by atoms with Gasteiger partial charge in [-0.05, 0) is 32.4 Å². The molecule has 1 rings (SSSR count). The number of rotatable bonds is 6. The molecule has 1 aliphatic heterocycles. The second-order valence-corrected chi connectivity index (χ2v) is 4.51. The number of piperidine rings is 1. The largest absolute Gasteiger partial charge is 0.392 e. The molecule has 0 aromatic carbocycles. The molecule has 0 amide bonds. The van der Waals surface area contributed by atoms with Gasteiger partial charge in [0.2, 0.25) is 0 Å². The highest BCUT2D eigenvalue weighted by Gasteiger charge is 2.16. The van der Waals surface area contributed by atoms with Gasteiger partial charge in [0.25, 0.3) is 0 Å². The summed E-state index contributed by atoms with van der Waals surface area (Å²) in [6.45, 7) is 5.56. The van der Waals surface area contributed by atoms with Crippen LogP contribution in [0, 0.1) is 0 Å². The molecule has 14 heavy (non-hydrogen) atoms. The molecule has 1 fully saturated rings. The molecule has 1 aliphatic rings. The maximum atomic E-state index is 9.48. The summed E-state index contributed by atoms with van der Waals surface area (Å²) < 4.78 is 0. The van der Waals surface area contributed by atoms with Crippen LogP contribution in [0.15, 0.2) is 0 Å². The van der Waals surface area contributed by atoms with Crippen molar-refractivity contribution in [3.8, 4) is 0 Å². The van der Waals surface area contributed by atoms with Gasteiger partial charge in [0.15, 0.2) is 0 Å². The molecule has 0 radical (unpaired) electrons. The summed E-state index contributed by atoms with van der Waals surface area (Å²) in [5.74, 6) is 0. The summed E-state index contributed by atoms with van der Waals surface area (Å²) >= 11 is 0. The Hall–Kier alpha value is -0.0800. The van der Waals surface area contributed by atoms with Crippen LogP contribution in [0.5, 0.6) is 0 Å². The molecule has 84 valence electrons. The van der Waals surface area contributed by atoms with Crippen LogP contribution < -0.4 is 0 Å². The maximum Gasteiger partial charge on any atom is 0.0667 e. The average molecular weight is 199 g/mol. The van der Waals surface area contributed by atoms with Crippen LogP contribution >= 0.6 is 0 Å². The normalized spacial score (nSPS) is 24.0. The molecule has 2 heteroatoms. The fourth-order valence-corrected chi connectivity index (χ4v) is 2.17. The summed E-state index contributed by atoms with van der Waals surface area (Å²) in [4.78, 5) is 2.42. The molecule has 0 aromatic rings. The first-order chi connectivity index (χ1) is 6.83. The number of aliphatic hydroxyl groups excluding tert-OH is 1. The lowest BCUT2D eigenvalue weighted by atomic mass is 10.1. The number of hydrogen-bond acceptors (Lipinski definition) is 2. The van der Waals surface area contributed by atoms with Gasteiger partial charge in [0.1, 0.15) is 0 Å². The Kier molecular flexibility index (Phi) is 6.20. The first kappa shape index (κ1) is 12.0. The highest BCUT2D eigenvalue weighted by molar-refractivity contribution is 4.71. The summed E-state index contributed by atoms with van der Waals surface area (Å²) in [5, 5.41) is 9.48. The van der Waals surface area contributed by atoms with E-state index < -0.39 is 0 Å². The molecule has 1 saturated heterocycles. The van der Waals surface area contributed by atoms with Crippen LogP contribution in [0.25, 0.3) is 0 Å². The number of likely N-dealkylation sites (tertiary alicyclic amines) is 1. The van der Waals surface area contributed by atoms with Crippen LogP contribution in [0.1, 0.15) is 51.9 Å². The fraction of sp³-hybridized carbons (Fsp3) is 1.00. The topological polar surface area (TPSA) is 23.5 Å². The van der Waals surface area contributed by atoms with E-state index >= 15 is 0 Å². The highest BCUT2D eigenvalue weighted by Crippen LogP contribution is 2.11. The smallest absolute Gasteiger partial charge is 0.0667 e. The Bertz CT molecular complexity index is 138. The van der Waals surface area contributed by atoms with Gasteiger partial charge in [-0.3, -0.25) is 0 Å². The first-order valence-corrected chi connectivity index (χ1v) is 6.23. The second kappa shape index (κ2) is 7.24. The zero-order chi connectivity index (χ0) is 10.2. The summed E-state index contributed by atoms with van der Waals surface area (Å²) in [5.41, 5.74) is 0. The monoisotopic (exact) mass is 199 g/mol. The first-order valence-electron chi connectivity index (χ1n) is 6.23. The Balaban J connectivity index is 1.95. The number of hydrogen-bond donors (Lipinski definition) is 1. The molecular formula is C12H25NO. The minimum absolute atomic E-state index is 0.0561. The second-order valence-electron chi connectivity index (χ2n) is 4.51. The van der Waals surface area contributed by atoms with E-state index in [1.54, 1.807) is 0 Å². The van der Waals surface area contributed by atoms with E-state index in [-0.39, 0.29) is 6.10 Å². The van der Waals surface area contributed by atoms with Crippen LogP contribution in [0.3, 0.4) is 0 Å². The Morgan fingerprint density at radius 2 is 2.00 bits per heavy atom. The third kappa shape index (κ3) is 4.97. The SMILES string of the molecule is CCCCCCCN1CCCC(O)C1. The van der Waals surface area contributed by atoms with Crippen molar-refractivity contribution in [1.82, 2.24) is 4.90 Å². The van der Waals surface area contributed by atoms with Gasteiger partial charge in [-0.1, -0.05) is 32.6 Å². The predicted octanol–water partition coefficient (Wildman–Crippen LogP) is 2.41. The molecule has 1 N–H and O–H groups in total. The van der Waals surface area contributed by atoms with Crippen molar-refractivity contribution >= 4 is 0 Å². The Morgan fingerprint density at radius 3 is 2.71 bits per heavy atom. The lowest BCUT2D eigenvalue weighted by molar-refractivity contribution is 0.0698. The van der Waals surface area contributed by atoms with Crippen LogP contribution in [-0.2, 0) is 0 Å². The minimum atomic E-state index is -0.0561. The van der Waals surface area contributed by atoms with E-state index in [4.69, 9.17) is 0 Å². The quantitative estimate of drug-likeness (QED) is 0.664. The molecule has 0 bridgehead atoms. The van der Waals surface area contributed by atoms with E-state index in [1.165, 1.54) is 51.6 Å². The van der Waals surface area contributed by atoms with Crippen molar-refractivity contribution in [2.24, 2.45) is 0 Å². The standard InChI is InChI=1S/C12H25NO/c1-2-3-4-5-6-9-13-10-7-8-12(14)11-13/h12,14H,2-11H2,1H3. The van der Waals surface area contributed by atoms with Crippen LogP contribution in [0.2, 0.25) is 0 Å². The van der Waals surface area contributed by atoms with Gasteiger partial charge in [-0.25, -0.2) is 0 Å². The summed E-state index contributed by atoms with van der Waals surface area (Å²) in [6.07, 6.45) is 8.88. The molecule has 2 nitrogen and oxygen atoms in total. The number of nitrogens with zero attached hydrogens (tertiary/aromatic N) is 1. The zero-order valence-electron chi connectivity index (χ0n) is 9.54. The molecule has 1 heterocycles. The molecular weight excluding hydrogens is 174 g/mol. The number of β-amino-alcohol motifs (C(OH)–C–C–N with tert-alkyl or cyclic N) is 1. The van der Waals surface area contributed by atoms with Crippen molar-refractivity contribution in [3.05, 3.63) is 0 Å². The Labute approximate surface area is 88.3 Å². The van der Waals surface area contributed by atoms with Gasteiger partial charge in [0, 0.05) is 6.54 Å². The third-order valence-electron chi connectivity index (χ3n) is 3.06. The molecule has 0 saturated carbocycles. The zero-order valence-corrected chi connectivity index (χ0v) is 9.54. The lowest BCUT2D eigenvalue weighted by Crippen LogP contribution is -2.38. The van der Waals surface area contributed by atoms with Crippen LogP contribution in [0.4, 0.5) is 0 Å². The summed E-state index contributed by atoms with van der Waals surface area (Å²) in [7, 11) is 0. The average Bonchev–Trinajstić information content (AvgIpc) is 2.18. The van der Waals surface area contributed by atoms with Crippen LogP contribution in [-0.4, -0.2) is 35.7 Å². The van der Waals surface area contributed by atoms with E-state index in [2.05, 4.69) is 11.8 Å². The predicted molar refractivity (Wildman–Crippen MR) is 60.4 cm³/mol. The highest BCUT2D eigenvalue weighted by atomic mass is 16.3. The van der Waals surface area contributed by atoms with Gasteiger partial charge >= 0.3 is 0 Å². The van der Waals surface area contributed by atoms with Crippen molar-refractivity contribution in [2.75, 3.05) is 19.6 Å². The minimum Gasteiger partial charge on any atom is -0.392 e. The van der Waals surface area contributed by atoms with E-state index in [1.807, 2.05) is 0 Å². The van der Waals surface area contributed by atoms with Gasteiger partial charge in [0.05, 0.1) is 6.10 Å². The van der Waals surface area contributed by atoms with E-state index in [0.717, 1.165) is 13.0 Å². The summed E-state index contributed by atoms with van der Waals surface area (Å²) in [6, 6.07) is 0. The molecule has 0 aliphatic carbocycles. The van der Waals surface area contributed by atoms with Crippen molar-refractivity contribution in [2.45, 2.75) is 58.0 Å². The maximum absolute atomic E-state index is 9.48. The van der Waals surface area contributed by atoms with Gasteiger partial charge in [-0.15, -0.1) is 0 Å². The van der Waals surface area contributed by atoms with Gasteiger partial charge in [-0.2, -0.15) is 0 Å². The van der Waals surface area contributed by atoms with Gasteiger partial charge < -0.3 is 10.0 Å². The number of unbranched alkanes of at least 4 members (excludes halogenated alkanes) is 4. The van der Waals surface area contributed by atoms with Crippen molar-refractivity contribution in [1.29, 1.82) is 0 Å². The molecule has 1 unspecified atom stereocenters. The van der Waals surface area contributed by atoms with E-state index in [0.29, 0.717) is 0 Å².